The number of pyridine rings is 4. The minimum Gasteiger partial charge on any atom is -0.481 e. The molecule has 2 aromatic carbocycles. The first-order chi connectivity index (χ1) is 29.8. The Morgan fingerprint density at radius 1 is 0.639 bits per heavy atom. The van der Waals surface area contributed by atoms with Gasteiger partial charge in [-0.25, -0.2) is 8.78 Å². The van der Waals surface area contributed by atoms with Gasteiger partial charge in [0.1, 0.15) is 11.6 Å². The average Bonchev–Trinajstić information content (AvgIpc) is 3.27. The van der Waals surface area contributed by atoms with Crippen molar-refractivity contribution >= 4 is 33.9 Å². The number of carboxylic acid groups (broad SMARTS) is 1. The fourth-order valence-electron chi connectivity index (χ4n) is 8.70. The van der Waals surface area contributed by atoms with Crippen LogP contribution >= 0.6 is 0 Å². The van der Waals surface area contributed by atoms with Gasteiger partial charge in [0.05, 0.1) is 23.6 Å². The molecule has 4 aromatic heterocycles. The third-order valence-corrected chi connectivity index (χ3v) is 12.1. The number of halogens is 2. The number of aryl methyl sites for hydroxylation is 6. The number of fused-ring (bicyclic) bond motifs is 4. The predicted molar refractivity (Wildman–Crippen MR) is 240 cm³/mol. The van der Waals surface area contributed by atoms with E-state index in [4.69, 9.17) is 9.97 Å². The van der Waals surface area contributed by atoms with Crippen molar-refractivity contribution in [3.05, 3.63) is 148 Å². The first-order valence-corrected chi connectivity index (χ1v) is 22.4. The Morgan fingerprint density at radius 3 is 1.84 bits per heavy atom. The lowest BCUT2D eigenvalue weighted by atomic mass is 9.90. The second kappa shape index (κ2) is 21.9. The minimum absolute atomic E-state index is 0.0724. The molecule has 8 rings (SSSR count). The first-order valence-electron chi connectivity index (χ1n) is 22.4. The molecule has 2 aliphatic rings. The summed E-state index contributed by atoms with van der Waals surface area (Å²) in [4.78, 5) is 29.7. The van der Waals surface area contributed by atoms with E-state index in [1.807, 2.05) is 24.3 Å². The number of aromatic nitrogens is 4. The first kappa shape index (κ1) is 43.7. The van der Waals surface area contributed by atoms with Crippen LogP contribution in [0.15, 0.2) is 91.3 Å². The Kier molecular flexibility index (Phi) is 15.7. The zero-order chi connectivity index (χ0) is 42.4. The Labute approximate surface area is 358 Å². The summed E-state index contributed by atoms with van der Waals surface area (Å²) in [5.74, 6) is -1.47. The highest BCUT2D eigenvalue weighted by molar-refractivity contribution is 5.81. The quantitative estimate of drug-likeness (QED) is 0.0882. The summed E-state index contributed by atoms with van der Waals surface area (Å²) < 4.78 is 26.6. The molecule has 6 aromatic rings. The normalized spacial score (nSPS) is 14.6. The molecular weight excluding hydrogens is 767 g/mol. The predicted octanol–water partition coefficient (Wildman–Crippen LogP) is 11.8. The average molecular weight is 825 g/mol. The summed E-state index contributed by atoms with van der Waals surface area (Å²) in [5, 5.41) is 21.3. The summed E-state index contributed by atoms with van der Waals surface area (Å²) >= 11 is 0. The van der Waals surface area contributed by atoms with E-state index in [9.17, 15) is 23.8 Å². The van der Waals surface area contributed by atoms with E-state index >= 15 is 0 Å². The van der Waals surface area contributed by atoms with E-state index < -0.39 is 12.1 Å². The van der Waals surface area contributed by atoms with Crippen molar-refractivity contribution in [2.45, 2.75) is 134 Å². The van der Waals surface area contributed by atoms with E-state index in [0.29, 0.717) is 11.0 Å². The van der Waals surface area contributed by atoms with Gasteiger partial charge in [-0.1, -0.05) is 50.0 Å². The van der Waals surface area contributed by atoms with Gasteiger partial charge >= 0.3 is 5.97 Å². The van der Waals surface area contributed by atoms with Crippen LogP contribution in [-0.4, -0.2) is 42.2 Å². The molecule has 9 heteroatoms. The molecular formula is C52H58F2N4O3. The molecule has 0 spiro atoms. The zero-order valence-corrected chi connectivity index (χ0v) is 35.2. The van der Waals surface area contributed by atoms with E-state index in [-0.39, 0.29) is 24.0 Å². The van der Waals surface area contributed by atoms with E-state index in [2.05, 4.69) is 34.2 Å². The zero-order valence-electron chi connectivity index (χ0n) is 35.2. The Morgan fingerprint density at radius 2 is 1.20 bits per heavy atom. The van der Waals surface area contributed by atoms with Crippen LogP contribution in [0.25, 0.3) is 27.9 Å². The third-order valence-electron chi connectivity index (χ3n) is 12.1. The van der Waals surface area contributed by atoms with Crippen LogP contribution in [0.3, 0.4) is 0 Å². The molecule has 7 nitrogen and oxygen atoms in total. The standard InChI is InChI=1S/C27H31FN2O2.C25H27FN2O/c28-23-13-11-21-15-22(18-29-26(21)17-23)20(16-27(31)32)8-3-1-2-4-9-24-14-12-19-7-5-6-10-25(19)30-24;26-21-12-10-20-15-18(17-27-25(20)16-21)9-14-23(29)7-3-2-6-22-13-11-19-5-1-4-8-24(19)28-22/h11-15,17-18,20H,1-10,16H2,(H,31,32);9-17,23,29H,1-8H2/b;14-9+. The maximum absolute atomic E-state index is 13.4. The van der Waals surface area contributed by atoms with Gasteiger partial charge in [0.25, 0.3) is 0 Å². The Bertz CT molecular complexity index is 2430. The third kappa shape index (κ3) is 13.0. The maximum Gasteiger partial charge on any atom is 0.303 e. The highest BCUT2D eigenvalue weighted by Gasteiger charge is 2.17. The maximum atomic E-state index is 13.4. The minimum atomic E-state index is -0.798. The van der Waals surface area contributed by atoms with Gasteiger partial charge in [0.2, 0.25) is 0 Å². The highest BCUT2D eigenvalue weighted by atomic mass is 19.1. The second-order valence-electron chi connectivity index (χ2n) is 16.9. The van der Waals surface area contributed by atoms with Crippen LogP contribution in [0.1, 0.15) is 134 Å². The number of aliphatic hydroxyl groups is 1. The van der Waals surface area contributed by atoms with Crippen LogP contribution in [0, 0.1) is 11.6 Å². The van der Waals surface area contributed by atoms with Crippen molar-refractivity contribution in [1.29, 1.82) is 0 Å². The molecule has 4 heterocycles. The monoisotopic (exact) mass is 824 g/mol. The van der Waals surface area contributed by atoms with E-state index in [1.54, 1.807) is 24.5 Å². The van der Waals surface area contributed by atoms with E-state index in [0.717, 1.165) is 98.9 Å². The SMILES string of the molecule is O=C(O)CC(CCCCCCc1ccc2c(n1)CCCC2)c1cnc2cc(F)ccc2c1.OC(/C=C/c1cnc2cc(F)ccc2c1)CCCCc1ccc2c(n1)CCCC2. The molecule has 0 aliphatic heterocycles. The number of carbonyl (C=O) groups is 1. The smallest absolute Gasteiger partial charge is 0.303 e. The number of aliphatic hydroxyl groups excluding tert-OH is 1. The van der Waals surface area contributed by atoms with Crippen LogP contribution in [0.4, 0.5) is 8.78 Å². The Balaban J connectivity index is 0.000000185. The van der Waals surface area contributed by atoms with Crippen molar-refractivity contribution in [1.82, 2.24) is 19.9 Å². The lowest BCUT2D eigenvalue weighted by Crippen LogP contribution is -2.07. The van der Waals surface area contributed by atoms with Crippen molar-refractivity contribution < 1.29 is 23.8 Å². The van der Waals surface area contributed by atoms with Gasteiger partial charge in [-0.3, -0.25) is 24.7 Å². The van der Waals surface area contributed by atoms with Gasteiger partial charge < -0.3 is 10.2 Å². The molecule has 318 valence electrons. The molecule has 2 aliphatic carbocycles. The molecule has 0 fully saturated rings. The fraction of sp³-hybridized carbons (Fsp3) is 0.404. The number of unbranched alkanes of at least 4 members (excludes halogenated alkanes) is 4. The van der Waals surface area contributed by atoms with Crippen molar-refractivity contribution in [2.24, 2.45) is 0 Å². The molecule has 2 unspecified atom stereocenters. The summed E-state index contributed by atoms with van der Waals surface area (Å²) in [6, 6.07) is 21.9. The molecule has 2 N–H and O–H groups in total. The van der Waals surface area contributed by atoms with Crippen molar-refractivity contribution in [3.8, 4) is 0 Å². The Hall–Kier alpha value is -5.41. The summed E-state index contributed by atoms with van der Waals surface area (Å²) in [7, 11) is 0. The van der Waals surface area contributed by atoms with Crippen LogP contribution < -0.4 is 0 Å². The van der Waals surface area contributed by atoms with Crippen LogP contribution in [0.2, 0.25) is 0 Å². The van der Waals surface area contributed by atoms with Gasteiger partial charge in [-0.15, -0.1) is 0 Å². The van der Waals surface area contributed by atoms with Gasteiger partial charge in [0.15, 0.2) is 0 Å². The largest absolute Gasteiger partial charge is 0.481 e. The summed E-state index contributed by atoms with van der Waals surface area (Å²) in [5.41, 5.74) is 10.9. The lowest BCUT2D eigenvalue weighted by molar-refractivity contribution is -0.137. The molecule has 61 heavy (non-hydrogen) atoms. The van der Waals surface area contributed by atoms with Gasteiger partial charge in [-0.2, -0.15) is 0 Å². The number of hydrogen-bond acceptors (Lipinski definition) is 6. The molecule has 0 saturated carbocycles. The van der Waals surface area contributed by atoms with Crippen molar-refractivity contribution in [2.75, 3.05) is 0 Å². The van der Waals surface area contributed by atoms with Crippen LogP contribution in [-0.2, 0) is 43.3 Å². The summed E-state index contributed by atoms with van der Waals surface area (Å²) in [6.45, 7) is 0. The summed E-state index contributed by atoms with van der Waals surface area (Å²) in [6.07, 6.45) is 26.2. The van der Waals surface area contributed by atoms with E-state index in [1.165, 1.54) is 96.7 Å². The number of benzene rings is 2. The number of aliphatic carboxylic acids is 1. The lowest BCUT2D eigenvalue weighted by Gasteiger charge is -2.16. The number of rotatable bonds is 17. The highest BCUT2D eigenvalue weighted by Crippen LogP contribution is 2.29. The van der Waals surface area contributed by atoms with Gasteiger partial charge in [-0.05, 0) is 167 Å². The number of hydrogen-bond donors (Lipinski definition) is 2. The van der Waals surface area contributed by atoms with Gasteiger partial charge in [0, 0.05) is 58.1 Å². The topological polar surface area (TPSA) is 109 Å². The molecule has 0 bridgehead atoms. The number of nitrogens with zero attached hydrogens (tertiary/aromatic N) is 4. The van der Waals surface area contributed by atoms with Crippen molar-refractivity contribution in [3.63, 3.8) is 0 Å². The second-order valence-corrected chi connectivity index (χ2v) is 16.9. The number of carboxylic acids is 1. The fourth-order valence-corrected chi connectivity index (χ4v) is 8.70. The molecule has 0 radical (unpaired) electrons. The molecule has 0 amide bonds. The molecule has 0 saturated heterocycles. The molecule has 2 atom stereocenters. The van der Waals surface area contributed by atoms with Crippen LogP contribution in [0.5, 0.6) is 0 Å².